The molecule has 0 bridgehead atoms. The molecule has 0 spiro atoms. The van der Waals surface area contributed by atoms with Crippen LogP contribution in [0.4, 0.5) is 0 Å². The lowest BCUT2D eigenvalue weighted by molar-refractivity contribution is 0.666. The number of rotatable bonds is 2. The molecule has 0 N–H and O–H groups in total. The summed E-state index contributed by atoms with van der Waals surface area (Å²) < 4.78 is 6.61. The minimum Gasteiger partial charge on any atom is -0.455 e. The summed E-state index contributed by atoms with van der Waals surface area (Å²) in [5.74, 6) is 0. The lowest BCUT2D eigenvalue weighted by Gasteiger charge is -2.23. The second kappa shape index (κ2) is 9.19. The van der Waals surface area contributed by atoms with Crippen molar-refractivity contribution in [2.24, 2.45) is 0 Å². The third-order valence-electron chi connectivity index (χ3n) is 10.4. The number of hydrogen-bond acceptors (Lipinski definition) is 1. The Kier molecular flexibility index (Phi) is 5.12. The van der Waals surface area contributed by atoms with Gasteiger partial charge in [0.2, 0.25) is 0 Å². The van der Waals surface area contributed by atoms with Crippen LogP contribution >= 0.6 is 0 Å². The maximum Gasteiger partial charge on any atom is 0.143 e. The lowest BCUT2D eigenvalue weighted by Crippen LogP contribution is -2.15. The highest BCUT2D eigenvalue weighted by Gasteiger charge is 2.38. The van der Waals surface area contributed by atoms with Gasteiger partial charge in [-0.3, -0.25) is 0 Å². The molecule has 0 amide bonds. The first kappa shape index (κ1) is 25.6. The van der Waals surface area contributed by atoms with Gasteiger partial charge in [0.25, 0.3) is 0 Å². The zero-order valence-corrected chi connectivity index (χ0v) is 25.8. The van der Waals surface area contributed by atoms with Gasteiger partial charge in [-0.1, -0.05) is 153 Å². The minimum absolute atomic E-state index is 0.121. The van der Waals surface area contributed by atoms with Crippen LogP contribution in [0.25, 0.3) is 87.6 Å². The smallest absolute Gasteiger partial charge is 0.143 e. The van der Waals surface area contributed by atoms with Gasteiger partial charge < -0.3 is 4.42 Å². The summed E-state index contributed by atoms with van der Waals surface area (Å²) >= 11 is 0. The van der Waals surface area contributed by atoms with E-state index in [0.29, 0.717) is 0 Å². The monoisotopic (exact) mass is 586 g/mol. The highest BCUT2D eigenvalue weighted by atomic mass is 16.3. The van der Waals surface area contributed by atoms with Crippen molar-refractivity contribution in [3.05, 3.63) is 157 Å². The van der Waals surface area contributed by atoms with Crippen molar-refractivity contribution in [2.75, 3.05) is 0 Å². The minimum atomic E-state index is -0.121. The van der Waals surface area contributed by atoms with Gasteiger partial charge in [-0.2, -0.15) is 0 Å². The van der Waals surface area contributed by atoms with Crippen LogP contribution in [0.1, 0.15) is 25.0 Å². The van der Waals surface area contributed by atoms with E-state index in [-0.39, 0.29) is 5.41 Å². The van der Waals surface area contributed by atoms with Crippen molar-refractivity contribution in [1.29, 1.82) is 0 Å². The highest BCUT2D eigenvalue weighted by molar-refractivity contribution is 6.25. The van der Waals surface area contributed by atoms with E-state index in [9.17, 15) is 0 Å². The standard InChI is InChI=1S/C45H30O/c1-45(2)38-23-12-21-35(42(38)36-26-25-27-13-3-4-14-28(27)43(36)45)40-30-16-5-7-18-32(30)41(33-19-8-6-17-31(33)40)37-22-11-20-34-29-15-9-10-24-39(29)46-44(34)37/h3-26H,1-2H3. The summed E-state index contributed by atoms with van der Waals surface area (Å²) in [5, 5.41) is 9.92. The second-order valence-electron chi connectivity index (χ2n) is 13.2. The van der Waals surface area contributed by atoms with E-state index in [1.165, 1.54) is 71.3 Å². The Balaban J connectivity index is 1.34. The van der Waals surface area contributed by atoms with Crippen molar-refractivity contribution >= 4 is 54.3 Å². The van der Waals surface area contributed by atoms with Gasteiger partial charge in [0, 0.05) is 27.3 Å². The average Bonchev–Trinajstić information content (AvgIpc) is 3.60. The Hall–Kier alpha value is -5.66. The Bertz CT molecular complexity index is 2660. The maximum absolute atomic E-state index is 6.61. The van der Waals surface area contributed by atoms with Gasteiger partial charge in [0.15, 0.2) is 0 Å². The first-order valence-corrected chi connectivity index (χ1v) is 16.1. The molecule has 1 heteroatoms. The Morgan fingerprint density at radius 1 is 0.391 bits per heavy atom. The van der Waals surface area contributed by atoms with Crippen molar-refractivity contribution in [3.8, 4) is 33.4 Å². The van der Waals surface area contributed by atoms with Crippen LogP contribution in [0.15, 0.2) is 150 Å². The van der Waals surface area contributed by atoms with Crippen molar-refractivity contribution in [2.45, 2.75) is 19.3 Å². The summed E-state index contributed by atoms with van der Waals surface area (Å²) in [4.78, 5) is 0. The Morgan fingerprint density at radius 3 is 1.65 bits per heavy atom. The largest absolute Gasteiger partial charge is 0.455 e. The summed E-state index contributed by atoms with van der Waals surface area (Å²) in [6.07, 6.45) is 0. The number of hydrogen-bond donors (Lipinski definition) is 0. The molecule has 1 aromatic heterocycles. The Labute approximate surface area is 267 Å². The van der Waals surface area contributed by atoms with Gasteiger partial charge in [0.05, 0.1) is 0 Å². The van der Waals surface area contributed by atoms with E-state index in [0.717, 1.165) is 27.5 Å². The molecule has 0 aliphatic heterocycles. The fourth-order valence-electron chi connectivity index (χ4n) is 8.51. The molecule has 0 fully saturated rings. The molecular weight excluding hydrogens is 556 g/mol. The average molecular weight is 587 g/mol. The molecule has 0 saturated carbocycles. The van der Waals surface area contributed by atoms with Crippen LogP contribution < -0.4 is 0 Å². The highest BCUT2D eigenvalue weighted by Crippen LogP contribution is 2.56. The van der Waals surface area contributed by atoms with Crippen molar-refractivity contribution in [1.82, 2.24) is 0 Å². The molecule has 0 saturated heterocycles. The summed E-state index contributed by atoms with van der Waals surface area (Å²) in [6, 6.07) is 53.3. The molecule has 1 aliphatic carbocycles. The van der Waals surface area contributed by atoms with Crippen LogP contribution in [-0.4, -0.2) is 0 Å². The fourth-order valence-corrected chi connectivity index (χ4v) is 8.51. The molecule has 0 atom stereocenters. The summed E-state index contributed by atoms with van der Waals surface area (Å²) in [7, 11) is 0. The first-order valence-electron chi connectivity index (χ1n) is 16.1. The topological polar surface area (TPSA) is 13.1 Å². The van der Waals surface area contributed by atoms with E-state index in [1.54, 1.807) is 0 Å². The quantitative estimate of drug-likeness (QED) is 0.184. The molecule has 0 unspecified atom stereocenters. The van der Waals surface area contributed by atoms with Gasteiger partial charge in [-0.05, 0) is 71.8 Å². The SMILES string of the molecule is CC1(C)c2cccc(-c3c4ccccc4c(-c4cccc5c4oc4ccccc45)c4ccccc34)c2-c2ccc3ccccc3c21. The van der Waals surface area contributed by atoms with Crippen LogP contribution in [0.5, 0.6) is 0 Å². The number of para-hydroxylation sites is 2. The Morgan fingerprint density at radius 2 is 0.935 bits per heavy atom. The maximum atomic E-state index is 6.61. The molecule has 8 aromatic carbocycles. The molecule has 10 rings (SSSR count). The zero-order chi connectivity index (χ0) is 30.6. The van der Waals surface area contributed by atoms with E-state index in [1.807, 2.05) is 6.07 Å². The third kappa shape index (κ3) is 3.30. The normalized spacial score (nSPS) is 13.6. The third-order valence-corrected chi connectivity index (χ3v) is 10.4. The summed E-state index contributed by atoms with van der Waals surface area (Å²) in [6.45, 7) is 4.78. The zero-order valence-electron chi connectivity index (χ0n) is 25.8. The molecule has 1 nitrogen and oxygen atoms in total. The van der Waals surface area contributed by atoms with Crippen molar-refractivity contribution in [3.63, 3.8) is 0 Å². The van der Waals surface area contributed by atoms with Gasteiger partial charge in [-0.15, -0.1) is 0 Å². The van der Waals surface area contributed by atoms with Crippen LogP contribution in [-0.2, 0) is 5.41 Å². The van der Waals surface area contributed by atoms with Crippen molar-refractivity contribution < 1.29 is 4.42 Å². The second-order valence-corrected chi connectivity index (χ2v) is 13.2. The van der Waals surface area contributed by atoms with Gasteiger partial charge >= 0.3 is 0 Å². The number of furan rings is 1. The van der Waals surface area contributed by atoms with E-state index >= 15 is 0 Å². The van der Waals surface area contributed by atoms with Crippen LogP contribution in [0.3, 0.4) is 0 Å². The van der Waals surface area contributed by atoms with Gasteiger partial charge in [-0.25, -0.2) is 0 Å². The predicted molar refractivity (Wildman–Crippen MR) is 195 cm³/mol. The molecule has 0 radical (unpaired) electrons. The molecule has 1 heterocycles. The number of benzene rings is 8. The van der Waals surface area contributed by atoms with E-state index in [4.69, 9.17) is 4.42 Å². The molecule has 46 heavy (non-hydrogen) atoms. The molecule has 1 aliphatic rings. The van der Waals surface area contributed by atoms with E-state index < -0.39 is 0 Å². The predicted octanol–water partition coefficient (Wildman–Crippen LogP) is 12.7. The lowest BCUT2D eigenvalue weighted by atomic mass is 9.79. The van der Waals surface area contributed by atoms with Gasteiger partial charge in [0.1, 0.15) is 11.2 Å². The van der Waals surface area contributed by atoms with Crippen LogP contribution in [0, 0.1) is 0 Å². The van der Waals surface area contributed by atoms with E-state index in [2.05, 4.69) is 153 Å². The molecule has 216 valence electrons. The fraction of sp³-hybridized carbons (Fsp3) is 0.0667. The van der Waals surface area contributed by atoms with Crippen LogP contribution in [0.2, 0.25) is 0 Å². The molecule has 9 aromatic rings. The summed E-state index contributed by atoms with van der Waals surface area (Å²) in [5.41, 5.74) is 12.2. The molecular formula is C45H30O. The first-order chi connectivity index (χ1) is 22.6. The number of fused-ring (bicyclic) bond motifs is 10.